The summed E-state index contributed by atoms with van der Waals surface area (Å²) in [6, 6.07) is 3.06. The van der Waals surface area contributed by atoms with Crippen LogP contribution in [0.4, 0.5) is 0 Å². The zero-order chi connectivity index (χ0) is 13.5. The second-order valence-electron chi connectivity index (χ2n) is 5.45. The Hall–Kier alpha value is -1.46. The van der Waals surface area contributed by atoms with Gasteiger partial charge in [-0.3, -0.25) is 0 Å². The number of rotatable bonds is 3. The van der Waals surface area contributed by atoms with Crippen molar-refractivity contribution in [3.63, 3.8) is 0 Å². The fourth-order valence-electron chi connectivity index (χ4n) is 2.24. The van der Waals surface area contributed by atoms with Gasteiger partial charge in [-0.25, -0.2) is 0 Å². The number of aromatic hydroxyl groups is 3. The predicted octanol–water partition coefficient (Wildman–Crippen LogP) is 1.05. The van der Waals surface area contributed by atoms with E-state index in [0.717, 1.165) is 0 Å². The molecular formula is C13H19NO4. The van der Waals surface area contributed by atoms with E-state index in [2.05, 4.69) is 5.32 Å². The first-order valence-corrected chi connectivity index (χ1v) is 5.98. The molecule has 0 aromatic heterocycles. The highest BCUT2D eigenvalue weighted by atomic mass is 16.3. The Labute approximate surface area is 106 Å². The summed E-state index contributed by atoms with van der Waals surface area (Å²) in [6.07, 6.45) is 0.370. The first-order valence-electron chi connectivity index (χ1n) is 5.98. The monoisotopic (exact) mass is 253 g/mol. The van der Waals surface area contributed by atoms with Crippen molar-refractivity contribution in [1.82, 2.24) is 5.32 Å². The van der Waals surface area contributed by atoms with Crippen molar-refractivity contribution in [1.29, 1.82) is 0 Å². The van der Waals surface area contributed by atoms with Crippen molar-refractivity contribution in [3.05, 3.63) is 17.7 Å². The molecule has 1 aliphatic carbocycles. The number of phenols is 3. The van der Waals surface area contributed by atoms with Crippen LogP contribution < -0.4 is 5.32 Å². The average Bonchev–Trinajstić information content (AvgIpc) is 2.33. The Kier molecular flexibility index (Phi) is 3.12. The molecule has 1 saturated carbocycles. The van der Waals surface area contributed by atoms with E-state index in [9.17, 15) is 20.4 Å². The zero-order valence-electron chi connectivity index (χ0n) is 10.5. The normalized spacial score (nSPS) is 25.7. The first kappa shape index (κ1) is 13.0. The Morgan fingerprint density at radius 3 is 2.44 bits per heavy atom. The number of hydrogen-bond acceptors (Lipinski definition) is 5. The van der Waals surface area contributed by atoms with E-state index in [0.29, 0.717) is 18.5 Å². The summed E-state index contributed by atoms with van der Waals surface area (Å²) < 4.78 is 0. The number of phenolic OH excluding ortho intramolecular Hbond substituents is 3. The minimum atomic E-state index is -0.498. The molecule has 5 heteroatoms. The van der Waals surface area contributed by atoms with Crippen molar-refractivity contribution < 1.29 is 20.4 Å². The molecule has 0 bridgehead atoms. The highest BCUT2D eigenvalue weighted by Gasteiger charge is 2.46. The Bertz CT molecular complexity index is 459. The van der Waals surface area contributed by atoms with Gasteiger partial charge in [-0.1, -0.05) is 19.9 Å². The maximum absolute atomic E-state index is 9.66. The Morgan fingerprint density at radius 1 is 1.22 bits per heavy atom. The van der Waals surface area contributed by atoms with Gasteiger partial charge in [0.05, 0.1) is 6.10 Å². The second kappa shape index (κ2) is 4.33. The van der Waals surface area contributed by atoms with Gasteiger partial charge in [0.15, 0.2) is 11.5 Å². The van der Waals surface area contributed by atoms with E-state index in [4.69, 9.17) is 0 Å². The van der Waals surface area contributed by atoms with Gasteiger partial charge < -0.3 is 25.7 Å². The Morgan fingerprint density at radius 2 is 1.89 bits per heavy atom. The van der Waals surface area contributed by atoms with E-state index >= 15 is 0 Å². The van der Waals surface area contributed by atoms with Crippen molar-refractivity contribution in [2.24, 2.45) is 5.41 Å². The van der Waals surface area contributed by atoms with Gasteiger partial charge in [0, 0.05) is 23.6 Å². The summed E-state index contributed by atoms with van der Waals surface area (Å²) >= 11 is 0. The largest absolute Gasteiger partial charge is 0.504 e. The minimum Gasteiger partial charge on any atom is -0.504 e. The van der Waals surface area contributed by atoms with Crippen LogP contribution in [0.5, 0.6) is 17.2 Å². The van der Waals surface area contributed by atoms with Crippen molar-refractivity contribution in [3.8, 4) is 17.2 Å². The highest BCUT2D eigenvalue weighted by Crippen LogP contribution is 2.41. The van der Waals surface area contributed by atoms with Crippen molar-refractivity contribution in [2.75, 3.05) is 0 Å². The average molecular weight is 253 g/mol. The van der Waals surface area contributed by atoms with E-state index in [1.165, 1.54) is 6.07 Å². The molecule has 5 nitrogen and oxygen atoms in total. The summed E-state index contributed by atoms with van der Waals surface area (Å²) in [5.74, 6) is -1.14. The molecule has 1 aromatic rings. The molecule has 1 aliphatic rings. The topological polar surface area (TPSA) is 93.0 Å². The van der Waals surface area contributed by atoms with Crippen molar-refractivity contribution >= 4 is 0 Å². The molecule has 100 valence electrons. The van der Waals surface area contributed by atoms with Crippen LogP contribution in [0.3, 0.4) is 0 Å². The van der Waals surface area contributed by atoms with Crippen LogP contribution in [0.2, 0.25) is 0 Å². The molecule has 0 heterocycles. The van der Waals surface area contributed by atoms with E-state index < -0.39 is 5.75 Å². The lowest BCUT2D eigenvalue weighted by atomic mass is 9.64. The van der Waals surface area contributed by atoms with Crippen LogP contribution in [0.1, 0.15) is 25.8 Å². The van der Waals surface area contributed by atoms with Crippen LogP contribution in [0.25, 0.3) is 0 Å². The molecule has 0 radical (unpaired) electrons. The molecule has 18 heavy (non-hydrogen) atoms. The number of aliphatic hydroxyl groups is 1. The third-order valence-corrected chi connectivity index (χ3v) is 3.97. The Balaban J connectivity index is 2.02. The molecule has 2 rings (SSSR count). The second-order valence-corrected chi connectivity index (χ2v) is 5.45. The fraction of sp³-hybridized carbons (Fsp3) is 0.538. The summed E-state index contributed by atoms with van der Waals surface area (Å²) in [6.45, 7) is 4.33. The quantitative estimate of drug-likeness (QED) is 0.519. The lowest BCUT2D eigenvalue weighted by Crippen LogP contribution is -2.59. The maximum Gasteiger partial charge on any atom is 0.200 e. The highest BCUT2D eigenvalue weighted by molar-refractivity contribution is 5.53. The summed E-state index contributed by atoms with van der Waals surface area (Å²) in [4.78, 5) is 0. The number of nitrogens with one attached hydrogen (secondary N) is 1. The number of aliphatic hydroxyl groups excluding tert-OH is 1. The van der Waals surface area contributed by atoms with E-state index in [-0.39, 0.29) is 29.1 Å². The fourth-order valence-corrected chi connectivity index (χ4v) is 2.24. The molecule has 2 unspecified atom stereocenters. The number of benzene rings is 1. The molecule has 0 saturated heterocycles. The van der Waals surface area contributed by atoms with E-state index in [1.54, 1.807) is 6.07 Å². The predicted molar refractivity (Wildman–Crippen MR) is 66.5 cm³/mol. The summed E-state index contributed by atoms with van der Waals surface area (Å²) in [5.41, 5.74) is 0.330. The smallest absolute Gasteiger partial charge is 0.200 e. The third kappa shape index (κ3) is 2.00. The van der Waals surface area contributed by atoms with Crippen LogP contribution in [-0.2, 0) is 6.54 Å². The lowest BCUT2D eigenvalue weighted by Gasteiger charge is -2.49. The zero-order valence-corrected chi connectivity index (χ0v) is 10.5. The van der Waals surface area contributed by atoms with Crippen LogP contribution >= 0.6 is 0 Å². The van der Waals surface area contributed by atoms with Gasteiger partial charge in [-0.2, -0.15) is 0 Å². The summed E-state index contributed by atoms with van der Waals surface area (Å²) in [7, 11) is 0. The first-order chi connectivity index (χ1) is 8.34. The molecule has 0 spiro atoms. The molecular weight excluding hydrogens is 234 g/mol. The van der Waals surface area contributed by atoms with Crippen LogP contribution in [-0.4, -0.2) is 32.6 Å². The number of hydrogen-bond donors (Lipinski definition) is 5. The molecule has 1 fully saturated rings. The summed E-state index contributed by atoms with van der Waals surface area (Å²) in [5, 5.41) is 41.1. The van der Waals surface area contributed by atoms with Gasteiger partial charge >= 0.3 is 0 Å². The van der Waals surface area contributed by atoms with Gasteiger partial charge in [-0.05, 0) is 12.5 Å². The molecule has 0 aliphatic heterocycles. The standard InChI is InChI=1S/C13H19NO4/c1-13(2)9(5-10(13)16)14-6-7-3-4-8(15)12(18)11(7)17/h3-4,9-10,14-18H,5-6H2,1-2H3. The van der Waals surface area contributed by atoms with Gasteiger partial charge in [0.1, 0.15) is 0 Å². The molecule has 1 aromatic carbocycles. The van der Waals surface area contributed by atoms with E-state index in [1.807, 2.05) is 13.8 Å². The third-order valence-electron chi connectivity index (χ3n) is 3.97. The van der Waals surface area contributed by atoms with Crippen LogP contribution in [0.15, 0.2) is 12.1 Å². The maximum atomic E-state index is 9.66. The van der Waals surface area contributed by atoms with Gasteiger partial charge in [-0.15, -0.1) is 0 Å². The molecule has 5 N–H and O–H groups in total. The van der Waals surface area contributed by atoms with Crippen molar-refractivity contribution in [2.45, 2.75) is 39.0 Å². The van der Waals surface area contributed by atoms with Crippen LogP contribution in [0, 0.1) is 5.41 Å². The SMILES string of the molecule is CC1(C)C(O)CC1NCc1ccc(O)c(O)c1O. The molecule has 2 atom stereocenters. The van der Waals surface area contributed by atoms with Gasteiger partial charge in [0.25, 0.3) is 0 Å². The van der Waals surface area contributed by atoms with Gasteiger partial charge in [0.2, 0.25) is 5.75 Å². The molecule has 0 amide bonds. The minimum absolute atomic E-state index is 0.169. The lowest BCUT2D eigenvalue weighted by molar-refractivity contribution is -0.0730.